The van der Waals surface area contributed by atoms with E-state index >= 15 is 0 Å². The van der Waals surface area contributed by atoms with E-state index in [0.717, 1.165) is 23.6 Å². The smallest absolute Gasteiger partial charge is 0.227 e. The fraction of sp³-hybridized carbons (Fsp3) is 0.400. The number of rotatable bonds is 3. The van der Waals surface area contributed by atoms with Crippen molar-refractivity contribution in [2.45, 2.75) is 31.0 Å². The predicted molar refractivity (Wildman–Crippen MR) is 82.7 cm³/mol. The summed E-state index contributed by atoms with van der Waals surface area (Å²) in [5, 5.41) is 8.56. The third kappa shape index (κ3) is 2.08. The van der Waals surface area contributed by atoms with E-state index in [-0.39, 0.29) is 17.7 Å². The van der Waals surface area contributed by atoms with Gasteiger partial charge in [0.15, 0.2) is 0 Å². The predicted octanol–water partition coefficient (Wildman–Crippen LogP) is 2.86. The van der Waals surface area contributed by atoms with E-state index in [1.54, 1.807) is 22.7 Å². The van der Waals surface area contributed by atoms with Gasteiger partial charge in [-0.2, -0.15) is 4.98 Å². The number of fused-ring (bicyclic) bond motifs is 2. The molecule has 0 amide bonds. The number of ketones is 1. The van der Waals surface area contributed by atoms with Crippen molar-refractivity contribution >= 4 is 23.5 Å². The molecule has 0 aromatic carbocycles. The van der Waals surface area contributed by atoms with Crippen LogP contribution in [-0.2, 0) is 4.79 Å². The van der Waals surface area contributed by atoms with Gasteiger partial charge in [-0.25, -0.2) is 4.68 Å². The Morgan fingerprint density at radius 3 is 3.23 bits per heavy atom. The van der Waals surface area contributed by atoms with Crippen LogP contribution in [0.25, 0.3) is 0 Å². The van der Waals surface area contributed by atoms with Gasteiger partial charge in [0, 0.05) is 12.1 Å². The standard InChI is InChI=1S/C15H16N4O2S/c1-2-22-15-17-14-16-9-5-3-6-10(20)12(9)13(19(14)18-15)11-7-4-8-21-11/h4-5,7-8,12-13H,2-3,6H2,1H3,(H,16,17,18)/t12-,13-/m1/s1. The van der Waals surface area contributed by atoms with Crippen molar-refractivity contribution in [1.82, 2.24) is 14.8 Å². The Bertz CT molecular complexity index is 735. The molecule has 1 aliphatic carbocycles. The molecule has 22 heavy (non-hydrogen) atoms. The van der Waals surface area contributed by atoms with Gasteiger partial charge < -0.3 is 9.73 Å². The summed E-state index contributed by atoms with van der Waals surface area (Å²) < 4.78 is 7.39. The molecule has 0 unspecified atom stereocenters. The first kappa shape index (κ1) is 13.6. The summed E-state index contributed by atoms with van der Waals surface area (Å²) >= 11 is 1.58. The molecule has 1 N–H and O–H groups in total. The molecule has 2 atom stereocenters. The molecule has 0 radical (unpaired) electrons. The summed E-state index contributed by atoms with van der Waals surface area (Å²) in [5.74, 6) is 2.27. The summed E-state index contributed by atoms with van der Waals surface area (Å²) in [6.07, 6.45) is 5.06. The fourth-order valence-corrected chi connectivity index (χ4v) is 3.64. The zero-order chi connectivity index (χ0) is 15.1. The first-order valence-electron chi connectivity index (χ1n) is 7.40. The molecule has 2 aliphatic rings. The molecule has 0 fully saturated rings. The highest BCUT2D eigenvalue weighted by atomic mass is 32.2. The van der Waals surface area contributed by atoms with Gasteiger partial charge in [-0.15, -0.1) is 5.10 Å². The van der Waals surface area contributed by atoms with Gasteiger partial charge in [-0.1, -0.05) is 24.8 Å². The number of nitrogens with zero attached hydrogens (tertiary/aromatic N) is 3. The molecular formula is C15H16N4O2S. The number of furan rings is 1. The van der Waals surface area contributed by atoms with Crippen LogP contribution in [0.3, 0.4) is 0 Å². The van der Waals surface area contributed by atoms with Crippen LogP contribution in [0.2, 0.25) is 0 Å². The van der Waals surface area contributed by atoms with Gasteiger partial charge in [-0.05, 0) is 24.3 Å². The second-order valence-electron chi connectivity index (χ2n) is 5.32. The van der Waals surface area contributed by atoms with Gasteiger partial charge in [0.2, 0.25) is 11.1 Å². The molecule has 4 rings (SSSR count). The van der Waals surface area contributed by atoms with Crippen molar-refractivity contribution in [3.8, 4) is 0 Å². The molecule has 0 bridgehead atoms. The van der Waals surface area contributed by atoms with Crippen LogP contribution in [0.1, 0.15) is 31.6 Å². The number of carbonyl (C=O) groups excluding carboxylic acids is 1. The van der Waals surface area contributed by atoms with Crippen LogP contribution in [0.15, 0.2) is 39.7 Å². The van der Waals surface area contributed by atoms with E-state index in [1.807, 2.05) is 12.1 Å². The topological polar surface area (TPSA) is 73.0 Å². The molecule has 1 aliphatic heterocycles. The minimum atomic E-state index is -0.270. The van der Waals surface area contributed by atoms with Gasteiger partial charge >= 0.3 is 0 Å². The Kier molecular flexibility index (Phi) is 3.29. The molecule has 114 valence electrons. The number of carbonyl (C=O) groups is 1. The summed E-state index contributed by atoms with van der Waals surface area (Å²) in [6.45, 7) is 2.06. The van der Waals surface area contributed by atoms with Gasteiger partial charge in [0.1, 0.15) is 17.6 Å². The van der Waals surface area contributed by atoms with E-state index in [4.69, 9.17) is 4.42 Å². The molecule has 7 heteroatoms. The molecule has 0 saturated carbocycles. The second kappa shape index (κ2) is 5.31. The maximum Gasteiger partial charge on any atom is 0.227 e. The monoisotopic (exact) mass is 316 g/mol. The first-order valence-corrected chi connectivity index (χ1v) is 8.39. The van der Waals surface area contributed by atoms with Crippen molar-refractivity contribution in [2.75, 3.05) is 11.1 Å². The van der Waals surface area contributed by atoms with Crippen LogP contribution in [0.5, 0.6) is 0 Å². The van der Waals surface area contributed by atoms with Crippen LogP contribution < -0.4 is 5.32 Å². The lowest BCUT2D eigenvalue weighted by molar-refractivity contribution is -0.123. The quantitative estimate of drug-likeness (QED) is 0.878. The number of nitrogens with one attached hydrogen (secondary N) is 1. The number of anilines is 1. The summed E-state index contributed by atoms with van der Waals surface area (Å²) in [4.78, 5) is 17.0. The van der Waals surface area contributed by atoms with E-state index in [9.17, 15) is 4.79 Å². The average molecular weight is 316 g/mol. The van der Waals surface area contributed by atoms with Crippen molar-refractivity contribution < 1.29 is 9.21 Å². The van der Waals surface area contributed by atoms with Crippen molar-refractivity contribution in [1.29, 1.82) is 0 Å². The van der Waals surface area contributed by atoms with Crippen LogP contribution >= 0.6 is 11.8 Å². The van der Waals surface area contributed by atoms with E-state index in [1.165, 1.54) is 0 Å². The third-order valence-corrected chi connectivity index (χ3v) is 4.71. The maximum atomic E-state index is 12.5. The van der Waals surface area contributed by atoms with E-state index in [0.29, 0.717) is 17.5 Å². The molecule has 0 spiro atoms. The highest BCUT2D eigenvalue weighted by molar-refractivity contribution is 7.99. The molecule has 2 aromatic heterocycles. The molecule has 6 nitrogen and oxygen atoms in total. The minimum Gasteiger partial charge on any atom is -0.467 e. The molecule has 2 aromatic rings. The summed E-state index contributed by atoms with van der Waals surface area (Å²) in [7, 11) is 0. The Morgan fingerprint density at radius 1 is 1.55 bits per heavy atom. The van der Waals surface area contributed by atoms with E-state index in [2.05, 4.69) is 28.4 Å². The lowest BCUT2D eigenvalue weighted by atomic mass is 9.83. The summed E-state index contributed by atoms with van der Waals surface area (Å²) in [5.41, 5.74) is 0.922. The van der Waals surface area contributed by atoms with Crippen molar-refractivity contribution in [3.05, 3.63) is 35.9 Å². The molecular weight excluding hydrogens is 300 g/mol. The normalized spacial score (nSPS) is 23.5. The summed E-state index contributed by atoms with van der Waals surface area (Å²) in [6, 6.07) is 3.48. The Labute approximate surface area is 132 Å². The largest absolute Gasteiger partial charge is 0.467 e. The van der Waals surface area contributed by atoms with Gasteiger partial charge in [0.05, 0.1) is 12.2 Å². The maximum absolute atomic E-state index is 12.5. The number of Topliss-reactive ketones (excluding diaryl/α,β-unsaturated/α-hetero) is 1. The highest BCUT2D eigenvalue weighted by Crippen LogP contribution is 2.41. The van der Waals surface area contributed by atoms with Crippen molar-refractivity contribution in [3.63, 3.8) is 0 Å². The SMILES string of the molecule is CCSc1nc2n(n1)[C@H](c1ccco1)[C@H]1C(=O)CCC=C1N2. The Morgan fingerprint density at radius 2 is 2.45 bits per heavy atom. The van der Waals surface area contributed by atoms with Crippen molar-refractivity contribution in [2.24, 2.45) is 5.92 Å². The molecule has 3 heterocycles. The first-order chi connectivity index (χ1) is 10.8. The Hall–Kier alpha value is -2.02. The second-order valence-corrected chi connectivity index (χ2v) is 6.55. The number of aromatic nitrogens is 3. The fourth-order valence-electron chi connectivity index (χ4n) is 3.09. The van der Waals surface area contributed by atoms with Crippen LogP contribution in [-0.4, -0.2) is 26.3 Å². The Balaban J connectivity index is 1.86. The van der Waals surface area contributed by atoms with E-state index < -0.39 is 0 Å². The third-order valence-electron chi connectivity index (χ3n) is 3.99. The number of hydrogen-bond acceptors (Lipinski definition) is 6. The molecule has 0 saturated heterocycles. The lowest BCUT2D eigenvalue weighted by Crippen LogP contribution is -2.38. The highest BCUT2D eigenvalue weighted by Gasteiger charge is 2.42. The lowest BCUT2D eigenvalue weighted by Gasteiger charge is -2.34. The minimum absolute atomic E-state index is 0.220. The van der Waals surface area contributed by atoms with Gasteiger partial charge in [-0.3, -0.25) is 4.79 Å². The van der Waals surface area contributed by atoms with Crippen LogP contribution in [0.4, 0.5) is 5.95 Å². The number of thioether (sulfide) groups is 1. The number of hydrogen-bond donors (Lipinski definition) is 1. The zero-order valence-electron chi connectivity index (χ0n) is 12.2. The van der Waals surface area contributed by atoms with Gasteiger partial charge in [0.25, 0.3) is 0 Å². The average Bonchev–Trinajstić information content (AvgIpc) is 3.14. The van der Waals surface area contributed by atoms with Crippen LogP contribution in [0, 0.1) is 5.92 Å². The number of allylic oxidation sites excluding steroid dienone is 2. The zero-order valence-corrected chi connectivity index (χ0v) is 13.0.